The molecule has 5 fully saturated rings. The summed E-state index contributed by atoms with van der Waals surface area (Å²) >= 11 is 0. The number of piperazine rings is 1. The van der Waals surface area contributed by atoms with Crippen LogP contribution in [-0.4, -0.2) is 72.5 Å². The minimum Gasteiger partial charge on any atom is -0.340 e. The predicted octanol–water partition coefficient (Wildman–Crippen LogP) is 3.04. The van der Waals surface area contributed by atoms with Crippen molar-refractivity contribution in [3.8, 4) is 0 Å². The van der Waals surface area contributed by atoms with Crippen LogP contribution < -0.4 is 16.0 Å². The number of para-hydroxylation sites is 1. The van der Waals surface area contributed by atoms with E-state index in [-0.39, 0.29) is 23.4 Å². The first-order valence-corrected chi connectivity index (χ1v) is 13.7. The second kappa shape index (κ2) is 10.4. The van der Waals surface area contributed by atoms with Crippen LogP contribution in [0, 0.1) is 31.6 Å². The minimum absolute atomic E-state index is 0.0105. The first-order valence-electron chi connectivity index (χ1n) is 13.7. The van der Waals surface area contributed by atoms with Crippen molar-refractivity contribution in [2.24, 2.45) is 17.8 Å². The van der Waals surface area contributed by atoms with Gasteiger partial charge in [-0.2, -0.15) is 0 Å². The summed E-state index contributed by atoms with van der Waals surface area (Å²) in [4.78, 5) is 41.8. The molecule has 1 heterocycles. The van der Waals surface area contributed by atoms with E-state index in [9.17, 15) is 14.4 Å². The number of benzene rings is 1. The Morgan fingerprint density at radius 3 is 2.08 bits per heavy atom. The first kappa shape index (κ1) is 25.1. The standard InChI is InChI=1S/C28H41N5O3/c1-19-4-3-5-20(2)26(19)30-24(34)18-32-8-10-33(11-9-32)25(35)6-7-29-27(36)31-28-15-21-12-22(16-28)14-23(13-21)17-28/h3-5,21-23H,6-18H2,1-2H3,(H,30,34)(H2,29,31,36). The van der Waals surface area contributed by atoms with Crippen molar-refractivity contribution in [2.75, 3.05) is 44.6 Å². The van der Waals surface area contributed by atoms with E-state index < -0.39 is 0 Å². The molecule has 3 N–H and O–H groups in total. The van der Waals surface area contributed by atoms with Gasteiger partial charge >= 0.3 is 6.03 Å². The quantitative estimate of drug-likeness (QED) is 0.542. The van der Waals surface area contributed by atoms with Crippen molar-refractivity contribution in [3.63, 3.8) is 0 Å². The number of hydrogen-bond donors (Lipinski definition) is 3. The fourth-order valence-corrected chi connectivity index (χ4v) is 7.54. The molecule has 1 aliphatic heterocycles. The molecule has 8 heteroatoms. The van der Waals surface area contributed by atoms with Crippen LogP contribution >= 0.6 is 0 Å². The van der Waals surface area contributed by atoms with E-state index in [2.05, 4.69) is 20.9 Å². The van der Waals surface area contributed by atoms with Crippen LogP contribution in [0.3, 0.4) is 0 Å². The number of rotatable bonds is 7. The highest BCUT2D eigenvalue weighted by Crippen LogP contribution is 2.55. The summed E-state index contributed by atoms with van der Waals surface area (Å²) in [6, 6.07) is 5.86. The number of nitrogens with zero attached hydrogens (tertiary/aromatic N) is 2. The smallest absolute Gasteiger partial charge is 0.315 e. The van der Waals surface area contributed by atoms with Crippen molar-refractivity contribution in [1.82, 2.24) is 20.4 Å². The van der Waals surface area contributed by atoms with Gasteiger partial charge in [0.2, 0.25) is 11.8 Å². The highest BCUT2D eigenvalue weighted by Gasteiger charge is 2.51. The van der Waals surface area contributed by atoms with Gasteiger partial charge in [-0.15, -0.1) is 0 Å². The molecule has 1 aromatic rings. The largest absolute Gasteiger partial charge is 0.340 e. The van der Waals surface area contributed by atoms with Crippen molar-refractivity contribution >= 4 is 23.5 Å². The van der Waals surface area contributed by atoms with Gasteiger partial charge in [0.1, 0.15) is 0 Å². The van der Waals surface area contributed by atoms with E-state index in [4.69, 9.17) is 0 Å². The summed E-state index contributed by atoms with van der Waals surface area (Å²) < 4.78 is 0. The van der Waals surface area contributed by atoms with Crippen molar-refractivity contribution in [3.05, 3.63) is 29.3 Å². The molecule has 4 bridgehead atoms. The summed E-state index contributed by atoms with van der Waals surface area (Å²) in [5.74, 6) is 2.39. The second-order valence-electron chi connectivity index (χ2n) is 11.8. The molecule has 0 spiro atoms. The zero-order valence-corrected chi connectivity index (χ0v) is 21.8. The van der Waals surface area contributed by atoms with E-state index in [1.54, 1.807) is 0 Å². The van der Waals surface area contributed by atoms with Gasteiger partial charge in [0.15, 0.2) is 0 Å². The monoisotopic (exact) mass is 495 g/mol. The maximum atomic E-state index is 12.7. The number of amides is 4. The van der Waals surface area contributed by atoms with Gasteiger partial charge in [-0.25, -0.2) is 4.79 Å². The number of carbonyl (C=O) groups excluding carboxylic acids is 3. The van der Waals surface area contributed by atoms with Gasteiger partial charge in [0, 0.05) is 50.4 Å². The highest BCUT2D eigenvalue weighted by molar-refractivity contribution is 5.93. The number of anilines is 1. The third-order valence-corrected chi connectivity index (χ3v) is 8.88. The van der Waals surface area contributed by atoms with Crippen molar-refractivity contribution < 1.29 is 14.4 Å². The molecule has 4 aliphatic carbocycles. The Hall–Kier alpha value is -2.61. The molecule has 5 aliphatic rings. The SMILES string of the molecule is Cc1cccc(C)c1NC(=O)CN1CCN(C(=O)CCNC(=O)NC23CC4CC(CC(C4)C2)C3)CC1. The maximum Gasteiger partial charge on any atom is 0.315 e. The summed E-state index contributed by atoms with van der Waals surface area (Å²) in [7, 11) is 0. The van der Waals surface area contributed by atoms with Crippen molar-refractivity contribution in [1.29, 1.82) is 0 Å². The average molecular weight is 496 g/mol. The van der Waals surface area contributed by atoms with Crippen molar-refractivity contribution in [2.45, 2.75) is 64.3 Å². The molecule has 0 unspecified atom stereocenters. The molecular weight excluding hydrogens is 454 g/mol. The molecule has 8 nitrogen and oxygen atoms in total. The molecule has 36 heavy (non-hydrogen) atoms. The molecule has 1 saturated heterocycles. The fourth-order valence-electron chi connectivity index (χ4n) is 7.54. The van der Waals surface area contributed by atoms with Crippen LogP contribution in [0.5, 0.6) is 0 Å². The van der Waals surface area contributed by atoms with E-state index in [1.807, 2.05) is 36.9 Å². The van der Waals surface area contributed by atoms with Crippen LogP contribution in [0.25, 0.3) is 0 Å². The summed E-state index contributed by atoms with van der Waals surface area (Å²) in [5.41, 5.74) is 2.98. The Morgan fingerprint density at radius 2 is 1.50 bits per heavy atom. The average Bonchev–Trinajstić information content (AvgIpc) is 2.81. The van der Waals surface area contributed by atoms with Gasteiger partial charge in [-0.05, 0) is 81.3 Å². The lowest BCUT2D eigenvalue weighted by Crippen LogP contribution is -2.61. The lowest BCUT2D eigenvalue weighted by molar-refractivity contribution is -0.132. The van der Waals surface area contributed by atoms with Gasteiger partial charge in [-0.3, -0.25) is 14.5 Å². The number of aryl methyl sites for hydroxylation is 2. The second-order valence-corrected chi connectivity index (χ2v) is 11.8. The van der Waals surface area contributed by atoms with Gasteiger partial charge in [0.25, 0.3) is 0 Å². The van der Waals surface area contributed by atoms with Gasteiger partial charge in [-0.1, -0.05) is 18.2 Å². The highest BCUT2D eigenvalue weighted by atomic mass is 16.2. The Kier molecular flexibility index (Phi) is 7.24. The third-order valence-electron chi connectivity index (χ3n) is 8.88. The minimum atomic E-state index is -0.121. The molecule has 0 radical (unpaired) electrons. The lowest BCUT2D eigenvalue weighted by atomic mass is 9.53. The predicted molar refractivity (Wildman–Crippen MR) is 140 cm³/mol. The summed E-state index contributed by atoms with van der Waals surface area (Å²) in [6.07, 6.45) is 7.72. The molecule has 0 atom stereocenters. The van der Waals surface area contributed by atoms with Crippen LogP contribution in [0.15, 0.2) is 18.2 Å². The molecule has 1 aromatic carbocycles. The zero-order chi connectivity index (χ0) is 25.3. The summed E-state index contributed by atoms with van der Waals surface area (Å²) in [6.45, 7) is 7.22. The normalized spacial score (nSPS) is 29.2. The zero-order valence-electron chi connectivity index (χ0n) is 21.8. The van der Waals surface area contributed by atoms with E-state index >= 15 is 0 Å². The Morgan fingerprint density at radius 1 is 0.917 bits per heavy atom. The lowest BCUT2D eigenvalue weighted by Gasteiger charge is -2.56. The van der Waals surface area contributed by atoms with Gasteiger partial charge in [0.05, 0.1) is 6.54 Å². The molecule has 6 rings (SSSR count). The Bertz CT molecular complexity index is 945. The van der Waals surface area contributed by atoms with Gasteiger partial charge < -0.3 is 20.9 Å². The molecular formula is C28H41N5O3. The maximum absolute atomic E-state index is 12.7. The topological polar surface area (TPSA) is 93.8 Å². The Balaban J connectivity index is 0.994. The third kappa shape index (κ3) is 5.69. The number of hydrogen-bond acceptors (Lipinski definition) is 4. The molecule has 196 valence electrons. The van der Waals surface area contributed by atoms with E-state index in [0.717, 1.165) is 53.8 Å². The number of carbonyl (C=O) groups is 3. The van der Waals surface area contributed by atoms with Crippen LogP contribution in [0.4, 0.5) is 10.5 Å². The fraction of sp³-hybridized carbons (Fsp3) is 0.679. The molecule has 4 saturated carbocycles. The molecule has 0 aromatic heterocycles. The summed E-state index contributed by atoms with van der Waals surface area (Å²) in [5, 5.41) is 9.28. The van der Waals surface area contributed by atoms with E-state index in [0.29, 0.717) is 45.7 Å². The van der Waals surface area contributed by atoms with Crippen LogP contribution in [0.2, 0.25) is 0 Å². The number of urea groups is 1. The molecule has 4 amide bonds. The Labute approximate surface area is 214 Å². The van der Waals surface area contributed by atoms with E-state index in [1.165, 1.54) is 19.3 Å². The van der Waals surface area contributed by atoms with Crippen LogP contribution in [-0.2, 0) is 9.59 Å². The van der Waals surface area contributed by atoms with Crippen LogP contribution in [0.1, 0.15) is 56.1 Å². The first-order chi connectivity index (χ1) is 17.3. The number of nitrogens with one attached hydrogen (secondary N) is 3.